The van der Waals surface area contributed by atoms with Gasteiger partial charge >= 0.3 is 0 Å². The lowest BCUT2D eigenvalue weighted by atomic mass is 9.83. The molecule has 12 rings (SSSR count). The van der Waals surface area contributed by atoms with Gasteiger partial charge in [0.05, 0.1) is 5.52 Å². The summed E-state index contributed by atoms with van der Waals surface area (Å²) in [4.78, 5) is 5.30. The lowest BCUT2D eigenvalue weighted by Gasteiger charge is -2.20. The summed E-state index contributed by atoms with van der Waals surface area (Å²) in [7, 11) is 0. The molecule has 0 radical (unpaired) electrons. The first-order valence-corrected chi connectivity index (χ1v) is 21.3. The lowest BCUT2D eigenvalue weighted by molar-refractivity contribution is 0.590. The molecule has 2 nitrogen and oxygen atoms in total. The Bertz CT molecular complexity index is 3690. The van der Waals surface area contributed by atoms with Gasteiger partial charge in [0, 0.05) is 28.2 Å². The third-order valence-electron chi connectivity index (χ3n) is 12.9. The molecule has 0 saturated heterocycles. The van der Waals surface area contributed by atoms with Crippen molar-refractivity contribution in [3.63, 3.8) is 0 Å². The molecule has 10 aromatic carbocycles. The first-order valence-electron chi connectivity index (χ1n) is 21.3. The molecule has 0 N–H and O–H groups in total. The summed E-state index contributed by atoms with van der Waals surface area (Å²) in [5.74, 6) is 0. The molecule has 0 unspecified atom stereocenters. The topological polar surface area (TPSA) is 17.8 Å². The van der Waals surface area contributed by atoms with Crippen LogP contribution >= 0.6 is 0 Å². The normalized spacial score (nSPS) is 12.2. The minimum absolute atomic E-state index is 0.0387. The summed E-state index contributed by atoms with van der Waals surface area (Å²) in [6.07, 6.45) is 2.05. The highest BCUT2D eigenvalue weighted by molar-refractivity contribution is 6.26. The van der Waals surface area contributed by atoms with Crippen molar-refractivity contribution >= 4 is 75.8 Å². The van der Waals surface area contributed by atoms with Gasteiger partial charge in [0.25, 0.3) is 0 Å². The molecule has 0 atom stereocenters. The fraction of sp³-hybridized carbons (Fsp3) is 0.0678. The maximum atomic E-state index is 5.30. The van der Waals surface area contributed by atoms with Crippen molar-refractivity contribution in [3.05, 3.63) is 206 Å². The second-order valence-electron chi connectivity index (χ2n) is 17.6. The number of hydrogen-bond donors (Lipinski definition) is 0. The predicted octanol–water partition coefficient (Wildman–Crippen LogP) is 16.2. The Balaban J connectivity index is 1.14. The van der Waals surface area contributed by atoms with Gasteiger partial charge in [-0.15, -0.1) is 0 Å². The van der Waals surface area contributed by atoms with Crippen LogP contribution in [0.4, 0.5) is 0 Å². The summed E-state index contributed by atoms with van der Waals surface area (Å²) in [6.45, 7) is 6.82. The van der Waals surface area contributed by atoms with Crippen LogP contribution in [0.15, 0.2) is 200 Å². The minimum Gasteiger partial charge on any atom is -0.294 e. The zero-order chi connectivity index (χ0) is 40.8. The van der Waals surface area contributed by atoms with Gasteiger partial charge in [-0.2, -0.15) is 0 Å². The highest BCUT2D eigenvalue weighted by Crippen LogP contribution is 2.47. The van der Waals surface area contributed by atoms with Crippen LogP contribution in [0.25, 0.3) is 115 Å². The number of fused-ring (bicyclic) bond motifs is 9. The SMILES string of the molecule is CC(C)(C)c1cccc(-c2cnc3c(c2)c2cc(-c4c5ccccc5c(-c5cc6ccccc6c6ccccc56)c5ccccc45)ccc2n3-c2ccc3ccccc3c2)c1. The van der Waals surface area contributed by atoms with Crippen LogP contribution in [0.1, 0.15) is 26.3 Å². The van der Waals surface area contributed by atoms with Crippen molar-refractivity contribution in [2.24, 2.45) is 0 Å². The van der Waals surface area contributed by atoms with Gasteiger partial charge in [-0.3, -0.25) is 4.57 Å². The van der Waals surface area contributed by atoms with Crippen molar-refractivity contribution < 1.29 is 0 Å². The standard InChI is InChI=1S/C59H42N2/c1-59(2,3)43-19-14-18-38(31-43)42-35-54-52-34-41(28-30-55(52)61(58(54)60-36-42)44-29-27-37-15-4-5-16-39(37)32-44)56-48-23-10-12-25-50(48)57(51-26-13-11-24-49(51)56)53-33-40-17-6-7-20-45(40)46-21-8-9-22-47(46)53/h4-36H,1-3H3. The molecule has 0 bridgehead atoms. The van der Waals surface area contributed by atoms with Crippen molar-refractivity contribution in [2.45, 2.75) is 26.2 Å². The molecule has 2 heteroatoms. The molecule has 0 amide bonds. The van der Waals surface area contributed by atoms with E-state index in [4.69, 9.17) is 4.98 Å². The average molecular weight is 779 g/mol. The van der Waals surface area contributed by atoms with Crippen LogP contribution in [0.5, 0.6) is 0 Å². The van der Waals surface area contributed by atoms with E-state index in [0.29, 0.717) is 0 Å². The molecule has 12 aromatic rings. The lowest BCUT2D eigenvalue weighted by Crippen LogP contribution is -2.10. The van der Waals surface area contributed by atoms with Gasteiger partial charge in [0.1, 0.15) is 5.65 Å². The molecular weight excluding hydrogens is 737 g/mol. The van der Waals surface area contributed by atoms with Crippen LogP contribution in [0.3, 0.4) is 0 Å². The molecule has 0 fully saturated rings. The number of benzene rings is 10. The van der Waals surface area contributed by atoms with Crippen LogP contribution in [-0.2, 0) is 5.41 Å². The number of rotatable bonds is 4. The summed E-state index contributed by atoms with van der Waals surface area (Å²) in [6, 6.07) is 71.8. The van der Waals surface area contributed by atoms with E-state index in [1.807, 2.05) is 0 Å². The Hall–Kier alpha value is -7.55. The van der Waals surface area contributed by atoms with Crippen LogP contribution in [0, 0.1) is 0 Å². The minimum atomic E-state index is 0.0387. The predicted molar refractivity (Wildman–Crippen MR) is 261 cm³/mol. The van der Waals surface area contributed by atoms with E-state index in [9.17, 15) is 0 Å². The quantitative estimate of drug-likeness (QED) is 0.129. The Kier molecular flexibility index (Phi) is 7.83. The van der Waals surface area contributed by atoms with Crippen LogP contribution in [-0.4, -0.2) is 9.55 Å². The van der Waals surface area contributed by atoms with Gasteiger partial charge in [-0.05, 0) is 129 Å². The number of hydrogen-bond acceptors (Lipinski definition) is 1. The zero-order valence-electron chi connectivity index (χ0n) is 34.4. The van der Waals surface area contributed by atoms with Crippen LogP contribution in [0.2, 0.25) is 0 Å². The van der Waals surface area contributed by atoms with E-state index in [2.05, 4.69) is 226 Å². The molecule has 0 aliphatic carbocycles. The van der Waals surface area contributed by atoms with Crippen molar-refractivity contribution in [1.29, 1.82) is 0 Å². The number of nitrogens with zero attached hydrogens (tertiary/aromatic N) is 2. The number of pyridine rings is 1. The summed E-state index contributed by atoms with van der Waals surface area (Å²) >= 11 is 0. The third-order valence-corrected chi connectivity index (χ3v) is 12.9. The second-order valence-corrected chi connectivity index (χ2v) is 17.6. The van der Waals surface area contributed by atoms with E-state index < -0.39 is 0 Å². The van der Waals surface area contributed by atoms with Gasteiger partial charge in [0.2, 0.25) is 0 Å². The maximum Gasteiger partial charge on any atom is 0.145 e. The first kappa shape index (κ1) is 35.4. The van der Waals surface area contributed by atoms with Gasteiger partial charge in [-0.25, -0.2) is 4.98 Å². The molecule has 2 heterocycles. The summed E-state index contributed by atoms with van der Waals surface area (Å²) < 4.78 is 2.35. The van der Waals surface area contributed by atoms with E-state index in [1.54, 1.807) is 0 Å². The monoisotopic (exact) mass is 778 g/mol. The first-order chi connectivity index (χ1) is 29.9. The van der Waals surface area contributed by atoms with Crippen molar-refractivity contribution in [1.82, 2.24) is 9.55 Å². The van der Waals surface area contributed by atoms with Crippen molar-refractivity contribution in [2.75, 3.05) is 0 Å². The highest BCUT2D eigenvalue weighted by atomic mass is 15.0. The molecule has 288 valence electrons. The van der Waals surface area contributed by atoms with E-state index in [0.717, 1.165) is 27.8 Å². The fourth-order valence-corrected chi connectivity index (χ4v) is 9.94. The largest absolute Gasteiger partial charge is 0.294 e. The Labute approximate surface area is 355 Å². The van der Waals surface area contributed by atoms with E-state index in [1.165, 1.54) is 92.6 Å². The van der Waals surface area contributed by atoms with Crippen LogP contribution < -0.4 is 0 Å². The number of aromatic nitrogens is 2. The molecule has 0 spiro atoms. The molecule has 0 aliphatic rings. The highest BCUT2D eigenvalue weighted by Gasteiger charge is 2.22. The molecule has 0 saturated carbocycles. The molecule has 2 aromatic heterocycles. The maximum absolute atomic E-state index is 5.30. The van der Waals surface area contributed by atoms with Gasteiger partial charge in [-0.1, -0.05) is 178 Å². The smallest absolute Gasteiger partial charge is 0.145 e. The molecule has 61 heavy (non-hydrogen) atoms. The Morgan fingerprint density at radius 2 is 0.984 bits per heavy atom. The van der Waals surface area contributed by atoms with Gasteiger partial charge in [0.15, 0.2) is 0 Å². The average Bonchev–Trinajstić information content (AvgIpc) is 3.63. The van der Waals surface area contributed by atoms with E-state index in [-0.39, 0.29) is 5.41 Å². The fourth-order valence-electron chi connectivity index (χ4n) is 9.94. The molecular formula is C59H42N2. The van der Waals surface area contributed by atoms with Gasteiger partial charge < -0.3 is 0 Å². The van der Waals surface area contributed by atoms with Crippen molar-refractivity contribution in [3.8, 4) is 39.1 Å². The Morgan fingerprint density at radius 3 is 1.70 bits per heavy atom. The summed E-state index contributed by atoms with van der Waals surface area (Å²) in [5, 5.41) is 14.8. The Morgan fingerprint density at radius 1 is 0.377 bits per heavy atom. The molecule has 0 aliphatic heterocycles. The zero-order valence-corrected chi connectivity index (χ0v) is 34.4. The summed E-state index contributed by atoms with van der Waals surface area (Å²) in [5.41, 5.74) is 11.8. The second kappa shape index (κ2) is 13.5. The van der Waals surface area contributed by atoms with E-state index >= 15 is 0 Å². The third kappa shape index (κ3) is 5.60.